The maximum Gasteiger partial charge on any atom is 0.434 e. The van der Waals surface area contributed by atoms with Gasteiger partial charge in [0, 0.05) is 55.4 Å². The molecule has 0 unspecified atom stereocenters. The van der Waals surface area contributed by atoms with E-state index in [4.69, 9.17) is 9.15 Å². The van der Waals surface area contributed by atoms with Gasteiger partial charge in [-0.05, 0) is 19.9 Å². The van der Waals surface area contributed by atoms with Gasteiger partial charge >= 0.3 is 11.8 Å². The number of H-pyrrole nitrogens is 1. The van der Waals surface area contributed by atoms with E-state index in [0.29, 0.717) is 37.6 Å². The van der Waals surface area contributed by atoms with E-state index in [2.05, 4.69) is 35.7 Å². The number of amides is 2. The second-order valence-corrected chi connectivity index (χ2v) is 7.08. The van der Waals surface area contributed by atoms with Gasteiger partial charge in [0.1, 0.15) is 5.82 Å². The Labute approximate surface area is 177 Å². The number of nitrogens with one attached hydrogen (secondary N) is 3. The first-order valence-electron chi connectivity index (χ1n) is 9.96. The molecule has 11 nitrogen and oxygen atoms in total. The minimum absolute atomic E-state index is 0.0670. The number of rotatable bonds is 5. The van der Waals surface area contributed by atoms with Gasteiger partial charge in [-0.25, -0.2) is 19.7 Å². The average Bonchev–Trinajstić information content (AvgIpc) is 3.20. The predicted octanol–water partition coefficient (Wildman–Crippen LogP) is 1.85. The highest BCUT2D eigenvalue weighted by molar-refractivity contribution is 5.90. The summed E-state index contributed by atoms with van der Waals surface area (Å²) in [7, 11) is 0. The van der Waals surface area contributed by atoms with Crippen LogP contribution in [-0.2, 0) is 4.74 Å². The molecule has 0 aliphatic carbocycles. The van der Waals surface area contributed by atoms with Crippen LogP contribution in [0.25, 0.3) is 22.6 Å². The smallest absolute Gasteiger partial charge is 0.388 e. The molecule has 11 heteroatoms. The maximum absolute atomic E-state index is 12.0. The molecular weight excluding hydrogens is 402 g/mol. The number of urea groups is 1. The summed E-state index contributed by atoms with van der Waals surface area (Å²) in [6, 6.07) is 3.35. The maximum atomic E-state index is 12.0. The second-order valence-electron chi connectivity index (χ2n) is 7.08. The van der Waals surface area contributed by atoms with Crippen molar-refractivity contribution >= 4 is 17.5 Å². The lowest BCUT2D eigenvalue weighted by molar-refractivity contribution is 0.0532. The molecule has 2 amide bonds. The highest BCUT2D eigenvalue weighted by Gasteiger charge is 2.22. The molecule has 3 aromatic rings. The van der Waals surface area contributed by atoms with Gasteiger partial charge in [-0.2, -0.15) is 0 Å². The molecule has 3 aromatic heterocycles. The van der Waals surface area contributed by atoms with Crippen molar-refractivity contribution in [1.29, 1.82) is 0 Å². The zero-order valence-electron chi connectivity index (χ0n) is 17.2. The number of carbonyl (C=O) groups is 1. The molecule has 0 bridgehead atoms. The average molecular weight is 425 g/mol. The third kappa shape index (κ3) is 4.72. The Hall–Kier alpha value is -3.73. The third-order valence-electron chi connectivity index (χ3n) is 4.78. The van der Waals surface area contributed by atoms with E-state index in [-0.39, 0.29) is 18.0 Å². The minimum atomic E-state index is -0.633. The monoisotopic (exact) mass is 425 g/mol. The molecule has 0 radical (unpaired) electrons. The zero-order valence-corrected chi connectivity index (χ0v) is 17.2. The normalized spacial score (nSPS) is 16.2. The number of morpholine rings is 1. The van der Waals surface area contributed by atoms with E-state index in [9.17, 15) is 9.59 Å². The fourth-order valence-electron chi connectivity index (χ4n) is 3.41. The van der Waals surface area contributed by atoms with Crippen molar-refractivity contribution in [3.8, 4) is 22.6 Å². The Morgan fingerprint density at radius 2 is 2.13 bits per heavy atom. The van der Waals surface area contributed by atoms with Crippen LogP contribution in [0.2, 0.25) is 0 Å². The summed E-state index contributed by atoms with van der Waals surface area (Å²) in [6.07, 6.45) is 5.03. The first-order chi connectivity index (χ1) is 15.0. The van der Waals surface area contributed by atoms with Crippen LogP contribution in [0.15, 0.2) is 39.9 Å². The second kappa shape index (κ2) is 8.96. The van der Waals surface area contributed by atoms with E-state index < -0.39 is 5.76 Å². The van der Waals surface area contributed by atoms with Crippen molar-refractivity contribution in [3.63, 3.8) is 0 Å². The Kier molecular flexibility index (Phi) is 5.94. The third-order valence-corrected chi connectivity index (χ3v) is 4.78. The van der Waals surface area contributed by atoms with Crippen LogP contribution >= 0.6 is 0 Å². The number of carbonyl (C=O) groups excluding carboxylic acids is 1. The molecule has 0 spiro atoms. The molecule has 31 heavy (non-hydrogen) atoms. The zero-order chi connectivity index (χ0) is 21.8. The molecule has 4 rings (SSSR count). The molecule has 1 saturated heterocycles. The molecule has 1 atom stereocenters. The van der Waals surface area contributed by atoms with Crippen LogP contribution in [-0.4, -0.2) is 58.5 Å². The number of pyridine rings is 2. The van der Waals surface area contributed by atoms with Crippen LogP contribution in [0.3, 0.4) is 0 Å². The Bertz CT molecular complexity index is 1130. The van der Waals surface area contributed by atoms with E-state index >= 15 is 0 Å². The van der Waals surface area contributed by atoms with Crippen molar-refractivity contribution in [2.24, 2.45) is 0 Å². The minimum Gasteiger partial charge on any atom is -0.388 e. The van der Waals surface area contributed by atoms with Crippen molar-refractivity contribution in [1.82, 2.24) is 25.5 Å². The van der Waals surface area contributed by atoms with E-state index in [0.717, 1.165) is 16.8 Å². The van der Waals surface area contributed by atoms with E-state index in [1.807, 2.05) is 26.0 Å². The van der Waals surface area contributed by atoms with Gasteiger partial charge < -0.3 is 19.4 Å². The highest BCUT2D eigenvalue weighted by atomic mass is 16.5. The van der Waals surface area contributed by atoms with E-state index in [1.54, 1.807) is 18.6 Å². The van der Waals surface area contributed by atoms with E-state index in [1.165, 1.54) is 0 Å². The summed E-state index contributed by atoms with van der Waals surface area (Å²) >= 11 is 0. The van der Waals surface area contributed by atoms with Gasteiger partial charge in [0.2, 0.25) is 0 Å². The Morgan fingerprint density at radius 1 is 1.29 bits per heavy atom. The van der Waals surface area contributed by atoms with Crippen molar-refractivity contribution in [3.05, 3.63) is 41.3 Å². The summed E-state index contributed by atoms with van der Waals surface area (Å²) in [5, 5.41) is 11.6. The lowest BCUT2D eigenvalue weighted by atomic mass is 10.0. The summed E-state index contributed by atoms with van der Waals surface area (Å²) < 4.78 is 10.7. The van der Waals surface area contributed by atoms with Gasteiger partial charge in [-0.1, -0.05) is 0 Å². The Morgan fingerprint density at radius 3 is 2.87 bits per heavy atom. The van der Waals surface area contributed by atoms with Gasteiger partial charge in [0.25, 0.3) is 5.89 Å². The first kappa shape index (κ1) is 20.5. The summed E-state index contributed by atoms with van der Waals surface area (Å²) in [5.41, 5.74) is 3.04. The standard InChI is InChI=1S/C20H23N7O4/c1-3-22-19(28)24-17-7-16(27-4-5-30-12(2)11-27)15(10-23-17)13-6-14(9-21-8-13)18-25-26-20(29)31-18/h6-10,12H,3-5,11H2,1-2H3,(H,26,29)(H2,22,23,24,28)/t12-/m1/s1. The highest BCUT2D eigenvalue weighted by Crippen LogP contribution is 2.34. The van der Waals surface area contributed by atoms with Crippen LogP contribution in [0, 0.1) is 0 Å². The molecule has 1 aliphatic heterocycles. The number of aromatic nitrogens is 4. The van der Waals surface area contributed by atoms with Gasteiger partial charge in [0.15, 0.2) is 0 Å². The molecule has 0 aromatic carbocycles. The fraction of sp³-hybridized carbons (Fsp3) is 0.350. The number of anilines is 2. The van der Waals surface area contributed by atoms with Crippen LogP contribution in [0.1, 0.15) is 13.8 Å². The predicted molar refractivity (Wildman–Crippen MR) is 114 cm³/mol. The number of aromatic amines is 1. The summed E-state index contributed by atoms with van der Waals surface area (Å²) in [5.74, 6) is -0.0412. The van der Waals surface area contributed by atoms with Gasteiger partial charge in [0.05, 0.1) is 24.0 Å². The number of hydrogen-bond donors (Lipinski definition) is 3. The van der Waals surface area contributed by atoms with Gasteiger partial charge in [-0.3, -0.25) is 10.3 Å². The first-order valence-corrected chi connectivity index (χ1v) is 9.96. The largest absolute Gasteiger partial charge is 0.434 e. The summed E-state index contributed by atoms with van der Waals surface area (Å²) in [4.78, 5) is 34.1. The lowest BCUT2D eigenvalue weighted by Gasteiger charge is -2.34. The quantitative estimate of drug-likeness (QED) is 0.563. The number of ether oxygens (including phenoxy) is 1. The molecule has 4 heterocycles. The molecule has 3 N–H and O–H groups in total. The van der Waals surface area contributed by atoms with Crippen molar-refractivity contribution < 1.29 is 13.9 Å². The molecule has 162 valence electrons. The van der Waals surface area contributed by atoms with Crippen LogP contribution in [0.4, 0.5) is 16.3 Å². The summed E-state index contributed by atoms with van der Waals surface area (Å²) in [6.45, 7) is 6.36. The van der Waals surface area contributed by atoms with Crippen molar-refractivity contribution in [2.45, 2.75) is 20.0 Å². The molecular formula is C20H23N7O4. The fourth-order valence-corrected chi connectivity index (χ4v) is 3.41. The van der Waals surface area contributed by atoms with Crippen LogP contribution in [0.5, 0.6) is 0 Å². The van der Waals surface area contributed by atoms with Crippen molar-refractivity contribution in [2.75, 3.05) is 36.5 Å². The Balaban J connectivity index is 1.74. The number of hydrogen-bond acceptors (Lipinski definition) is 8. The number of nitrogens with zero attached hydrogens (tertiary/aromatic N) is 4. The van der Waals surface area contributed by atoms with Gasteiger partial charge in [-0.15, -0.1) is 5.10 Å². The lowest BCUT2D eigenvalue weighted by Crippen LogP contribution is -2.41. The van der Waals surface area contributed by atoms with Crippen LogP contribution < -0.4 is 21.3 Å². The molecule has 0 saturated carbocycles. The SMILES string of the molecule is CCNC(=O)Nc1cc(N2CCO[C@H](C)C2)c(-c2cncc(-c3n[nH]c(=O)o3)c2)cn1. The molecule has 1 aliphatic rings. The molecule has 1 fully saturated rings. The topological polar surface area (TPSA) is 138 Å².